The largest absolute Gasteiger partial charge is 0.497 e. The Morgan fingerprint density at radius 3 is 2.50 bits per heavy atom. The van der Waals surface area contributed by atoms with Gasteiger partial charge >= 0.3 is 0 Å². The number of nitrogens with zero attached hydrogens (tertiary/aromatic N) is 2. The van der Waals surface area contributed by atoms with E-state index in [1.165, 1.54) is 0 Å². The van der Waals surface area contributed by atoms with Gasteiger partial charge in [-0.2, -0.15) is 5.26 Å². The van der Waals surface area contributed by atoms with Crippen molar-refractivity contribution in [1.82, 2.24) is 9.97 Å². The highest BCUT2D eigenvalue weighted by atomic mass is 127. The first-order valence-corrected chi connectivity index (χ1v) is 12.4. The fourth-order valence-electron chi connectivity index (χ4n) is 3.10. The lowest BCUT2D eigenvalue weighted by molar-refractivity contribution is 0.301. The van der Waals surface area contributed by atoms with Crippen LogP contribution in [0.1, 0.15) is 17.0 Å². The maximum Gasteiger partial charge on any atom is 0.149 e. The van der Waals surface area contributed by atoms with E-state index in [9.17, 15) is 5.26 Å². The van der Waals surface area contributed by atoms with Crippen LogP contribution in [-0.4, -0.2) is 17.1 Å². The number of fused-ring (bicyclic) bond motifs is 1. The van der Waals surface area contributed by atoms with Crippen molar-refractivity contribution in [3.05, 3.63) is 83.2 Å². The smallest absolute Gasteiger partial charge is 0.149 e. The summed E-state index contributed by atoms with van der Waals surface area (Å²) in [7, 11) is 1.62. The maximum absolute atomic E-state index is 9.75. The van der Waals surface area contributed by atoms with Gasteiger partial charge in [-0.15, -0.1) is 0 Å². The Hall–Kier alpha value is -2.10. The number of aromatic nitrogens is 2. The summed E-state index contributed by atoms with van der Waals surface area (Å²) in [5, 5.41) is 9.75. The number of hydrogen-bond acceptors (Lipinski definition) is 4. The normalized spacial score (nSPS) is 11.4. The highest BCUT2D eigenvalue weighted by Gasteiger charge is 2.12. The second-order valence-electron chi connectivity index (χ2n) is 6.87. The lowest BCUT2D eigenvalue weighted by Crippen LogP contribution is -1.99. The van der Waals surface area contributed by atoms with Crippen molar-refractivity contribution < 1.29 is 9.47 Å². The quantitative estimate of drug-likeness (QED) is 0.170. The van der Waals surface area contributed by atoms with Crippen molar-refractivity contribution >= 4 is 83.8 Å². The Labute approximate surface area is 221 Å². The standard InChI is InChI=1S/C24H16BrI2N3O2/c1-31-18-6-7-21-22(11-18)30-24(29-21)16(12-28)8-15-9-19(26)23(20(27)10-15)32-13-14-2-4-17(25)5-3-14/h2-11H,13H2,1H3,(H,29,30)/b16-8-. The van der Waals surface area contributed by atoms with Gasteiger partial charge in [-0.05, 0) is 98.8 Å². The third kappa shape index (κ3) is 5.27. The number of benzene rings is 3. The predicted octanol–water partition coefficient (Wildman–Crippen LogP) is 7.19. The van der Waals surface area contributed by atoms with Gasteiger partial charge in [0.25, 0.3) is 0 Å². The van der Waals surface area contributed by atoms with Crippen LogP contribution in [0.2, 0.25) is 0 Å². The summed E-state index contributed by atoms with van der Waals surface area (Å²) in [6, 6.07) is 19.9. The summed E-state index contributed by atoms with van der Waals surface area (Å²) in [4.78, 5) is 7.76. The molecular weight excluding hydrogens is 696 g/mol. The van der Waals surface area contributed by atoms with Crippen molar-refractivity contribution in [3.63, 3.8) is 0 Å². The summed E-state index contributed by atoms with van der Waals surface area (Å²) in [5.41, 5.74) is 4.06. The van der Waals surface area contributed by atoms with Crippen molar-refractivity contribution in [2.75, 3.05) is 7.11 Å². The van der Waals surface area contributed by atoms with Crippen LogP contribution in [0, 0.1) is 18.5 Å². The maximum atomic E-state index is 9.75. The molecule has 0 aliphatic carbocycles. The van der Waals surface area contributed by atoms with Crippen LogP contribution >= 0.6 is 61.1 Å². The molecule has 4 aromatic rings. The van der Waals surface area contributed by atoms with Crippen LogP contribution < -0.4 is 9.47 Å². The van der Waals surface area contributed by atoms with E-state index in [-0.39, 0.29) is 0 Å². The zero-order valence-electron chi connectivity index (χ0n) is 16.8. The molecule has 0 spiro atoms. The Morgan fingerprint density at radius 1 is 1.12 bits per heavy atom. The Bertz CT molecular complexity index is 1340. The second kappa shape index (κ2) is 10.2. The molecule has 5 nitrogen and oxygen atoms in total. The molecule has 32 heavy (non-hydrogen) atoms. The van der Waals surface area contributed by atoms with Crippen molar-refractivity contribution in [1.29, 1.82) is 5.26 Å². The second-order valence-corrected chi connectivity index (χ2v) is 10.1. The van der Waals surface area contributed by atoms with Gasteiger partial charge in [0.2, 0.25) is 0 Å². The van der Waals surface area contributed by atoms with E-state index in [4.69, 9.17) is 9.47 Å². The van der Waals surface area contributed by atoms with Crippen LogP contribution in [-0.2, 0) is 6.61 Å². The average Bonchev–Trinajstić information content (AvgIpc) is 3.21. The van der Waals surface area contributed by atoms with Gasteiger partial charge in [-0.1, -0.05) is 28.1 Å². The minimum Gasteiger partial charge on any atom is -0.497 e. The fourth-order valence-corrected chi connectivity index (χ4v) is 5.49. The molecule has 3 aromatic carbocycles. The van der Waals surface area contributed by atoms with Crippen LogP contribution in [0.5, 0.6) is 11.5 Å². The van der Waals surface area contributed by atoms with E-state index in [0.717, 1.165) is 45.3 Å². The molecule has 0 aliphatic heterocycles. The molecule has 0 radical (unpaired) electrons. The predicted molar refractivity (Wildman–Crippen MR) is 146 cm³/mol. The summed E-state index contributed by atoms with van der Waals surface area (Å²) >= 11 is 7.98. The van der Waals surface area contributed by atoms with Gasteiger partial charge in [0.05, 0.1) is 30.9 Å². The molecule has 4 rings (SSSR count). The van der Waals surface area contributed by atoms with Gasteiger partial charge in [-0.3, -0.25) is 0 Å². The number of hydrogen-bond donors (Lipinski definition) is 1. The lowest BCUT2D eigenvalue weighted by atomic mass is 10.1. The molecule has 160 valence electrons. The highest BCUT2D eigenvalue weighted by molar-refractivity contribution is 14.1. The minimum atomic E-state index is 0.454. The van der Waals surface area contributed by atoms with Gasteiger partial charge < -0.3 is 14.5 Å². The number of aromatic amines is 1. The molecule has 0 bridgehead atoms. The zero-order valence-corrected chi connectivity index (χ0v) is 22.7. The molecule has 0 saturated heterocycles. The van der Waals surface area contributed by atoms with E-state index < -0.39 is 0 Å². The molecule has 0 unspecified atom stereocenters. The number of ether oxygens (including phenoxy) is 2. The van der Waals surface area contributed by atoms with E-state index >= 15 is 0 Å². The van der Waals surface area contributed by atoms with Gasteiger partial charge in [0, 0.05) is 10.5 Å². The van der Waals surface area contributed by atoms with E-state index in [0.29, 0.717) is 18.0 Å². The number of allylic oxidation sites excluding steroid dienone is 1. The molecule has 0 atom stereocenters. The highest BCUT2D eigenvalue weighted by Crippen LogP contribution is 2.31. The molecule has 0 amide bonds. The number of halogens is 3. The van der Waals surface area contributed by atoms with Gasteiger partial charge in [0.1, 0.15) is 30.0 Å². The topological polar surface area (TPSA) is 70.9 Å². The Kier molecular flexibility index (Phi) is 7.37. The average molecular weight is 712 g/mol. The number of rotatable bonds is 6. The third-order valence-electron chi connectivity index (χ3n) is 4.69. The first kappa shape index (κ1) is 23.1. The van der Waals surface area contributed by atoms with Gasteiger partial charge in [-0.25, -0.2) is 4.98 Å². The SMILES string of the molecule is COc1ccc2nc(/C(C#N)=C\c3cc(I)c(OCc4ccc(Br)cc4)c(I)c3)[nH]c2c1. The lowest BCUT2D eigenvalue weighted by Gasteiger charge is -2.12. The monoisotopic (exact) mass is 711 g/mol. The first-order valence-electron chi connectivity index (χ1n) is 9.49. The van der Waals surface area contributed by atoms with E-state index in [2.05, 4.69) is 77.1 Å². The molecule has 0 aliphatic rings. The van der Waals surface area contributed by atoms with Crippen molar-refractivity contribution in [3.8, 4) is 17.6 Å². The first-order chi connectivity index (χ1) is 15.5. The van der Waals surface area contributed by atoms with E-state index in [1.807, 2.05) is 60.7 Å². The Morgan fingerprint density at radius 2 is 1.84 bits per heavy atom. The van der Waals surface area contributed by atoms with E-state index in [1.54, 1.807) is 7.11 Å². The summed E-state index contributed by atoms with van der Waals surface area (Å²) in [6.07, 6.45) is 1.83. The van der Waals surface area contributed by atoms with Crippen LogP contribution in [0.15, 0.2) is 59.1 Å². The molecule has 8 heteroatoms. The fraction of sp³-hybridized carbons (Fsp3) is 0.0833. The number of imidazole rings is 1. The molecule has 1 N–H and O–H groups in total. The summed E-state index contributed by atoms with van der Waals surface area (Å²) in [6.45, 7) is 0.486. The van der Waals surface area contributed by atoms with Crippen molar-refractivity contribution in [2.45, 2.75) is 6.61 Å². The van der Waals surface area contributed by atoms with Crippen LogP contribution in [0.4, 0.5) is 0 Å². The Balaban J connectivity index is 1.60. The van der Waals surface area contributed by atoms with Crippen LogP contribution in [0.25, 0.3) is 22.7 Å². The zero-order chi connectivity index (χ0) is 22.7. The van der Waals surface area contributed by atoms with Gasteiger partial charge in [0.15, 0.2) is 0 Å². The number of nitrogens with one attached hydrogen (secondary N) is 1. The molecular formula is C24H16BrI2N3O2. The molecule has 0 fully saturated rings. The summed E-state index contributed by atoms with van der Waals surface area (Å²) < 4.78 is 14.3. The van der Waals surface area contributed by atoms with Crippen molar-refractivity contribution in [2.24, 2.45) is 0 Å². The number of methoxy groups -OCH3 is 1. The third-order valence-corrected chi connectivity index (χ3v) is 6.82. The minimum absolute atomic E-state index is 0.454. The number of nitriles is 1. The van der Waals surface area contributed by atoms with Crippen LogP contribution in [0.3, 0.4) is 0 Å². The summed E-state index contributed by atoms with van der Waals surface area (Å²) in [5.74, 6) is 2.09. The molecule has 1 aromatic heterocycles. The molecule has 1 heterocycles. The number of H-pyrrole nitrogens is 1. The molecule has 0 saturated carbocycles.